The predicted molar refractivity (Wildman–Crippen MR) is 55.4 cm³/mol. The number of allylic oxidation sites excluding steroid dienone is 1. The molecule has 0 aromatic heterocycles. The molecule has 92 valence electrons. The quantitative estimate of drug-likeness (QED) is 0.418. The van der Waals surface area contributed by atoms with Gasteiger partial charge in [-0.3, -0.25) is 14.4 Å². The maximum atomic E-state index is 11.3. The predicted octanol–water partition coefficient (Wildman–Crippen LogP) is 1.17. The van der Waals surface area contributed by atoms with Crippen molar-refractivity contribution in [3.63, 3.8) is 0 Å². The van der Waals surface area contributed by atoms with Crippen LogP contribution in [0.2, 0.25) is 0 Å². The van der Waals surface area contributed by atoms with Crippen LogP contribution in [0, 0.1) is 5.92 Å². The van der Waals surface area contributed by atoms with Crippen LogP contribution in [0.5, 0.6) is 0 Å². The molecule has 1 saturated heterocycles. The maximum Gasteiger partial charge on any atom is 0.534 e. The number of nitrogens with zero attached hydrogens (tertiary/aromatic N) is 1. The van der Waals surface area contributed by atoms with Crippen molar-refractivity contribution in [1.82, 2.24) is 5.06 Å². The van der Waals surface area contributed by atoms with Gasteiger partial charge in [-0.25, -0.2) is 4.79 Å². The van der Waals surface area contributed by atoms with E-state index >= 15 is 0 Å². The summed E-state index contributed by atoms with van der Waals surface area (Å²) in [5.41, 5.74) is 0. The number of carbonyl (C=O) groups is 3. The van der Waals surface area contributed by atoms with Crippen LogP contribution in [-0.2, 0) is 19.2 Å². The van der Waals surface area contributed by atoms with Crippen LogP contribution in [0.1, 0.15) is 25.7 Å². The van der Waals surface area contributed by atoms with E-state index in [4.69, 9.17) is 4.74 Å². The zero-order chi connectivity index (χ0) is 12.4. The van der Waals surface area contributed by atoms with E-state index in [1.807, 2.05) is 0 Å². The molecule has 2 fully saturated rings. The first kappa shape index (κ1) is 11.6. The molecule has 1 aliphatic carbocycles. The lowest BCUT2D eigenvalue weighted by Gasteiger charge is -2.12. The van der Waals surface area contributed by atoms with Crippen molar-refractivity contribution in [2.24, 2.45) is 5.92 Å². The number of rotatable bonds is 4. The van der Waals surface area contributed by atoms with Crippen LogP contribution >= 0.6 is 0 Å². The fraction of sp³-hybridized carbons (Fsp3) is 0.545. The summed E-state index contributed by atoms with van der Waals surface area (Å²) < 4.78 is 4.93. The van der Waals surface area contributed by atoms with Gasteiger partial charge in [0.2, 0.25) is 0 Å². The Morgan fingerprint density at radius 2 is 2.06 bits per heavy atom. The fourth-order valence-corrected chi connectivity index (χ4v) is 1.70. The Labute approximate surface area is 98.1 Å². The van der Waals surface area contributed by atoms with Crippen LogP contribution in [-0.4, -0.2) is 29.1 Å². The number of carbonyl (C=O) groups excluding carboxylic acids is 3. The number of imide groups is 1. The van der Waals surface area contributed by atoms with Gasteiger partial charge in [-0.2, -0.15) is 0 Å². The standard InChI is InChI=1S/C11H13NO5/c1-2-3-7-6-8(7)16-11(15)17-12-9(13)4-5-10(12)14/h2,7-8H,1,3-6H2/t7-,8-/m1/s1. The molecule has 1 saturated carbocycles. The molecule has 1 aliphatic heterocycles. The minimum absolute atomic E-state index is 0.0780. The van der Waals surface area contributed by atoms with Crippen LogP contribution in [0.25, 0.3) is 0 Å². The van der Waals surface area contributed by atoms with E-state index in [1.54, 1.807) is 6.08 Å². The molecule has 0 bridgehead atoms. The zero-order valence-electron chi connectivity index (χ0n) is 9.26. The second kappa shape index (κ2) is 4.57. The van der Waals surface area contributed by atoms with Gasteiger partial charge in [0.25, 0.3) is 11.8 Å². The van der Waals surface area contributed by atoms with Gasteiger partial charge < -0.3 is 4.74 Å². The highest BCUT2D eigenvalue weighted by Gasteiger charge is 2.41. The van der Waals surface area contributed by atoms with Crippen LogP contribution in [0.3, 0.4) is 0 Å². The SMILES string of the molecule is C=CC[C@@H]1C[C@H]1OC(=O)ON1C(=O)CCC1=O. The first-order valence-corrected chi connectivity index (χ1v) is 5.47. The van der Waals surface area contributed by atoms with E-state index in [1.165, 1.54) is 0 Å². The molecule has 2 aliphatic rings. The lowest BCUT2D eigenvalue weighted by Crippen LogP contribution is -2.32. The first-order valence-electron chi connectivity index (χ1n) is 5.47. The molecule has 0 spiro atoms. The molecule has 1 heterocycles. The highest BCUT2D eigenvalue weighted by Crippen LogP contribution is 2.37. The van der Waals surface area contributed by atoms with Gasteiger partial charge >= 0.3 is 6.16 Å². The molecule has 6 heteroatoms. The molecule has 17 heavy (non-hydrogen) atoms. The van der Waals surface area contributed by atoms with Gasteiger partial charge in [0.1, 0.15) is 6.10 Å². The molecule has 0 aromatic carbocycles. The van der Waals surface area contributed by atoms with Crippen LogP contribution < -0.4 is 0 Å². The lowest BCUT2D eigenvalue weighted by atomic mass is 10.3. The zero-order valence-corrected chi connectivity index (χ0v) is 9.26. The highest BCUT2D eigenvalue weighted by atomic mass is 16.8. The average Bonchev–Trinajstić information content (AvgIpc) is 2.93. The molecule has 0 N–H and O–H groups in total. The van der Waals surface area contributed by atoms with Crippen molar-refractivity contribution >= 4 is 18.0 Å². The van der Waals surface area contributed by atoms with Crippen LogP contribution in [0.4, 0.5) is 4.79 Å². The van der Waals surface area contributed by atoms with Gasteiger partial charge in [0, 0.05) is 18.8 Å². The summed E-state index contributed by atoms with van der Waals surface area (Å²) in [6, 6.07) is 0. The third-order valence-electron chi connectivity index (χ3n) is 2.75. The number of hydrogen-bond donors (Lipinski definition) is 0. The van der Waals surface area contributed by atoms with Crippen molar-refractivity contribution in [3.8, 4) is 0 Å². The van der Waals surface area contributed by atoms with E-state index in [-0.39, 0.29) is 24.9 Å². The Kier molecular flexibility index (Phi) is 3.12. The highest BCUT2D eigenvalue weighted by molar-refractivity contribution is 6.01. The Morgan fingerprint density at radius 3 is 2.65 bits per heavy atom. The monoisotopic (exact) mass is 239 g/mol. The Morgan fingerprint density at radius 1 is 1.41 bits per heavy atom. The molecule has 6 nitrogen and oxygen atoms in total. The third-order valence-corrected chi connectivity index (χ3v) is 2.75. The maximum absolute atomic E-state index is 11.3. The molecular weight excluding hydrogens is 226 g/mol. The minimum atomic E-state index is -0.995. The van der Waals surface area contributed by atoms with Gasteiger partial charge in [-0.1, -0.05) is 11.1 Å². The summed E-state index contributed by atoms with van der Waals surface area (Å²) in [6.45, 7) is 3.59. The summed E-state index contributed by atoms with van der Waals surface area (Å²) in [7, 11) is 0. The Hall–Kier alpha value is -1.85. The van der Waals surface area contributed by atoms with Crippen molar-refractivity contribution in [2.45, 2.75) is 31.8 Å². The summed E-state index contributed by atoms with van der Waals surface area (Å²) in [4.78, 5) is 38.1. The topological polar surface area (TPSA) is 72.9 Å². The second-order valence-electron chi connectivity index (χ2n) is 4.10. The minimum Gasteiger partial charge on any atom is -0.429 e. The number of ether oxygens (including phenoxy) is 1. The Bertz CT molecular complexity index is 362. The molecule has 0 aromatic rings. The van der Waals surface area contributed by atoms with Gasteiger partial charge in [-0.05, 0) is 12.8 Å². The van der Waals surface area contributed by atoms with Crippen LogP contribution in [0.15, 0.2) is 12.7 Å². The van der Waals surface area contributed by atoms with Crippen molar-refractivity contribution in [3.05, 3.63) is 12.7 Å². The van der Waals surface area contributed by atoms with E-state index in [0.29, 0.717) is 5.06 Å². The normalized spacial score (nSPS) is 26.9. The van der Waals surface area contributed by atoms with Crippen molar-refractivity contribution in [2.75, 3.05) is 0 Å². The molecule has 2 rings (SSSR count). The summed E-state index contributed by atoms with van der Waals surface area (Å²) >= 11 is 0. The Balaban J connectivity index is 1.76. The van der Waals surface area contributed by atoms with E-state index in [2.05, 4.69) is 11.4 Å². The number of amides is 2. The van der Waals surface area contributed by atoms with E-state index in [0.717, 1.165) is 12.8 Å². The van der Waals surface area contributed by atoms with E-state index in [9.17, 15) is 14.4 Å². The number of hydroxylamine groups is 2. The summed E-state index contributed by atoms with van der Waals surface area (Å²) in [5, 5.41) is 0.479. The van der Waals surface area contributed by atoms with Crippen molar-refractivity contribution < 1.29 is 24.0 Å². The third kappa shape index (κ3) is 2.64. The van der Waals surface area contributed by atoms with E-state index < -0.39 is 18.0 Å². The van der Waals surface area contributed by atoms with Gasteiger partial charge in [0.15, 0.2) is 0 Å². The summed E-state index contributed by atoms with van der Waals surface area (Å²) in [5.74, 6) is -0.735. The smallest absolute Gasteiger partial charge is 0.429 e. The largest absolute Gasteiger partial charge is 0.534 e. The molecular formula is C11H13NO5. The van der Waals surface area contributed by atoms with Crippen molar-refractivity contribution in [1.29, 1.82) is 0 Å². The average molecular weight is 239 g/mol. The fourth-order valence-electron chi connectivity index (χ4n) is 1.70. The second-order valence-corrected chi connectivity index (χ2v) is 4.10. The molecule has 0 unspecified atom stereocenters. The van der Waals surface area contributed by atoms with Gasteiger partial charge in [-0.15, -0.1) is 6.58 Å². The summed E-state index contributed by atoms with van der Waals surface area (Å²) in [6.07, 6.45) is 2.28. The van der Waals surface area contributed by atoms with Gasteiger partial charge in [0.05, 0.1) is 0 Å². The molecule has 2 amide bonds. The number of hydrogen-bond acceptors (Lipinski definition) is 5. The lowest BCUT2D eigenvalue weighted by molar-refractivity contribution is -0.177. The molecule has 0 radical (unpaired) electrons. The molecule has 2 atom stereocenters. The first-order chi connectivity index (χ1) is 8.11.